The molecular formula is C20H25NO3S. The molecule has 1 N–H and O–H groups in total. The summed E-state index contributed by atoms with van der Waals surface area (Å²) in [5, 5.41) is 3.20. The number of benzene rings is 2. The molecular weight excluding hydrogens is 334 g/mol. The van der Waals surface area contributed by atoms with Gasteiger partial charge >= 0.3 is 0 Å². The molecule has 134 valence electrons. The fourth-order valence-corrected chi connectivity index (χ4v) is 5.10. The van der Waals surface area contributed by atoms with E-state index in [4.69, 9.17) is 4.74 Å². The Hall–Kier alpha value is -1.85. The fraction of sp³-hybridized carbons (Fsp3) is 0.400. The molecule has 2 aromatic rings. The van der Waals surface area contributed by atoms with Crippen LogP contribution in [0.5, 0.6) is 5.75 Å². The Bertz CT molecular complexity index is 832. The second-order valence-corrected chi connectivity index (χ2v) is 8.42. The number of aryl methyl sites for hydroxylation is 1. The molecule has 0 amide bonds. The first-order valence-corrected chi connectivity index (χ1v) is 10.2. The summed E-state index contributed by atoms with van der Waals surface area (Å²) in [7, 11) is -0.0899. The van der Waals surface area contributed by atoms with Gasteiger partial charge in [-0.15, -0.1) is 0 Å². The van der Waals surface area contributed by atoms with Crippen molar-refractivity contribution in [3.63, 3.8) is 0 Å². The largest absolute Gasteiger partial charge is 0.495 e. The quantitative estimate of drug-likeness (QED) is 0.857. The van der Waals surface area contributed by atoms with E-state index < -0.39 is 9.84 Å². The van der Waals surface area contributed by atoms with Crippen LogP contribution in [0.4, 0.5) is 0 Å². The van der Waals surface area contributed by atoms with E-state index in [-0.39, 0.29) is 4.90 Å². The highest BCUT2D eigenvalue weighted by atomic mass is 32.2. The standard InChI is InChI=1S/C20H25NO3S/c1-21-12-11-15-7-6-8-16-13-20(19(24-2)14-18(15)16)25(22,23)17-9-4-3-5-10-17/h3-5,9-10,13-15,21H,6-8,11-12H2,1-2H3. The topological polar surface area (TPSA) is 55.4 Å². The number of nitrogens with one attached hydrogen (secondary N) is 1. The minimum atomic E-state index is -3.59. The van der Waals surface area contributed by atoms with Crippen molar-refractivity contribution in [2.24, 2.45) is 0 Å². The SMILES string of the molecule is CNCCC1CCCc2cc(S(=O)(=O)c3ccccc3)c(OC)cc21. The molecule has 4 nitrogen and oxygen atoms in total. The number of methoxy groups -OCH3 is 1. The van der Waals surface area contributed by atoms with Gasteiger partial charge in [0.15, 0.2) is 0 Å². The number of hydrogen-bond donors (Lipinski definition) is 1. The summed E-state index contributed by atoms with van der Waals surface area (Å²) in [5.41, 5.74) is 2.38. The van der Waals surface area contributed by atoms with Gasteiger partial charge in [-0.3, -0.25) is 0 Å². The third kappa shape index (κ3) is 3.58. The van der Waals surface area contributed by atoms with Crippen LogP contribution in [0.15, 0.2) is 52.3 Å². The Balaban J connectivity index is 2.08. The lowest BCUT2D eigenvalue weighted by molar-refractivity contribution is 0.399. The molecule has 0 fully saturated rings. The molecule has 2 aromatic carbocycles. The summed E-state index contributed by atoms with van der Waals surface area (Å²) in [5.74, 6) is 0.901. The molecule has 3 rings (SSSR count). The maximum atomic E-state index is 13.1. The van der Waals surface area contributed by atoms with Crippen LogP contribution >= 0.6 is 0 Å². The Morgan fingerprint density at radius 2 is 1.96 bits per heavy atom. The van der Waals surface area contributed by atoms with Gasteiger partial charge < -0.3 is 10.1 Å². The zero-order chi connectivity index (χ0) is 17.9. The molecule has 0 bridgehead atoms. The molecule has 1 atom stereocenters. The van der Waals surface area contributed by atoms with E-state index in [9.17, 15) is 8.42 Å². The number of rotatable bonds is 6. The summed E-state index contributed by atoms with van der Waals surface area (Å²) in [6.07, 6.45) is 4.21. The van der Waals surface area contributed by atoms with Crippen molar-refractivity contribution in [1.82, 2.24) is 5.32 Å². The zero-order valence-electron chi connectivity index (χ0n) is 14.8. The van der Waals surface area contributed by atoms with E-state index in [1.807, 2.05) is 25.2 Å². The summed E-state index contributed by atoms with van der Waals surface area (Å²) in [4.78, 5) is 0.574. The van der Waals surface area contributed by atoms with Gasteiger partial charge in [0, 0.05) is 0 Å². The Morgan fingerprint density at radius 3 is 2.64 bits per heavy atom. The fourth-order valence-electron chi connectivity index (χ4n) is 3.62. The molecule has 0 aliphatic heterocycles. The van der Waals surface area contributed by atoms with Crippen LogP contribution in [0.25, 0.3) is 0 Å². The second kappa shape index (κ2) is 7.58. The number of hydrogen-bond acceptors (Lipinski definition) is 4. The van der Waals surface area contributed by atoms with E-state index >= 15 is 0 Å². The van der Waals surface area contributed by atoms with E-state index in [1.54, 1.807) is 24.3 Å². The van der Waals surface area contributed by atoms with Crippen molar-refractivity contribution in [2.45, 2.75) is 41.4 Å². The monoisotopic (exact) mass is 359 g/mol. The first-order chi connectivity index (χ1) is 12.1. The molecule has 0 aromatic heterocycles. The zero-order valence-corrected chi connectivity index (χ0v) is 15.6. The smallest absolute Gasteiger partial charge is 0.210 e. The molecule has 25 heavy (non-hydrogen) atoms. The van der Waals surface area contributed by atoms with E-state index in [2.05, 4.69) is 5.32 Å². The van der Waals surface area contributed by atoms with Crippen molar-refractivity contribution in [3.8, 4) is 5.75 Å². The molecule has 0 spiro atoms. The number of sulfone groups is 1. The lowest BCUT2D eigenvalue weighted by atomic mass is 9.81. The van der Waals surface area contributed by atoms with Crippen LogP contribution in [0.2, 0.25) is 0 Å². The van der Waals surface area contributed by atoms with Crippen LogP contribution in [-0.4, -0.2) is 29.1 Å². The summed E-state index contributed by atoms with van der Waals surface area (Å²) < 4.78 is 31.6. The van der Waals surface area contributed by atoms with Crippen molar-refractivity contribution >= 4 is 9.84 Å². The van der Waals surface area contributed by atoms with Crippen LogP contribution in [0.3, 0.4) is 0 Å². The van der Waals surface area contributed by atoms with Gasteiger partial charge in [0.25, 0.3) is 0 Å². The summed E-state index contributed by atoms with van der Waals surface area (Å²) in [6.45, 7) is 0.955. The lowest BCUT2D eigenvalue weighted by Gasteiger charge is -2.27. The van der Waals surface area contributed by atoms with Gasteiger partial charge in [0.05, 0.1) is 12.0 Å². The summed E-state index contributed by atoms with van der Waals surface area (Å²) >= 11 is 0. The van der Waals surface area contributed by atoms with E-state index in [1.165, 1.54) is 12.7 Å². The maximum Gasteiger partial charge on any atom is 0.210 e. The van der Waals surface area contributed by atoms with Crippen molar-refractivity contribution in [2.75, 3.05) is 20.7 Å². The third-order valence-electron chi connectivity index (χ3n) is 4.95. The second-order valence-electron chi connectivity index (χ2n) is 6.50. The van der Waals surface area contributed by atoms with Crippen LogP contribution in [0, 0.1) is 0 Å². The Morgan fingerprint density at radius 1 is 1.20 bits per heavy atom. The number of ether oxygens (including phenoxy) is 1. The van der Waals surface area contributed by atoms with Crippen molar-refractivity contribution < 1.29 is 13.2 Å². The maximum absolute atomic E-state index is 13.1. The molecule has 1 unspecified atom stereocenters. The van der Waals surface area contributed by atoms with Gasteiger partial charge in [-0.1, -0.05) is 18.2 Å². The molecule has 0 radical (unpaired) electrons. The Kier molecular flexibility index (Phi) is 5.45. The van der Waals surface area contributed by atoms with Crippen molar-refractivity contribution in [3.05, 3.63) is 53.6 Å². The summed E-state index contributed by atoms with van der Waals surface area (Å²) in [6, 6.07) is 12.3. The first-order valence-electron chi connectivity index (χ1n) is 8.73. The number of fused-ring (bicyclic) bond motifs is 1. The van der Waals surface area contributed by atoms with Crippen LogP contribution in [0.1, 0.15) is 36.3 Å². The molecule has 5 heteroatoms. The molecule has 0 saturated carbocycles. The molecule has 1 aliphatic carbocycles. The van der Waals surface area contributed by atoms with Gasteiger partial charge in [0.2, 0.25) is 9.84 Å². The van der Waals surface area contributed by atoms with E-state index in [0.717, 1.165) is 37.8 Å². The van der Waals surface area contributed by atoms with Crippen LogP contribution < -0.4 is 10.1 Å². The minimum Gasteiger partial charge on any atom is -0.495 e. The highest BCUT2D eigenvalue weighted by Gasteiger charge is 2.27. The first kappa shape index (κ1) is 18.0. The predicted octanol–water partition coefficient (Wildman–Crippen LogP) is 3.56. The molecule has 1 aliphatic rings. The average molecular weight is 359 g/mol. The third-order valence-corrected chi connectivity index (χ3v) is 6.74. The van der Waals surface area contributed by atoms with Gasteiger partial charge in [-0.05, 0) is 80.6 Å². The Labute approximate surface area is 150 Å². The van der Waals surface area contributed by atoms with Gasteiger partial charge in [-0.2, -0.15) is 0 Å². The van der Waals surface area contributed by atoms with Crippen molar-refractivity contribution in [1.29, 1.82) is 0 Å². The predicted molar refractivity (Wildman–Crippen MR) is 99.1 cm³/mol. The highest BCUT2D eigenvalue weighted by Crippen LogP contribution is 2.40. The lowest BCUT2D eigenvalue weighted by Crippen LogP contribution is -2.17. The normalized spacial score (nSPS) is 17.1. The highest BCUT2D eigenvalue weighted by molar-refractivity contribution is 7.91. The molecule has 0 heterocycles. The minimum absolute atomic E-state index is 0.272. The molecule has 0 saturated heterocycles. The van der Waals surface area contributed by atoms with Gasteiger partial charge in [0.1, 0.15) is 10.6 Å². The van der Waals surface area contributed by atoms with Crippen LogP contribution in [-0.2, 0) is 16.3 Å². The average Bonchev–Trinajstić information content (AvgIpc) is 2.65. The van der Waals surface area contributed by atoms with Gasteiger partial charge in [-0.25, -0.2) is 8.42 Å². The van der Waals surface area contributed by atoms with E-state index in [0.29, 0.717) is 16.6 Å².